The first-order valence-corrected chi connectivity index (χ1v) is 7.36. The number of benzene rings is 1. The van der Waals surface area contributed by atoms with E-state index in [-0.39, 0.29) is 5.91 Å². The Labute approximate surface area is 134 Å². The lowest BCUT2D eigenvalue weighted by Crippen LogP contribution is -2.36. The van der Waals surface area contributed by atoms with Crippen LogP contribution in [0.1, 0.15) is 16.1 Å². The predicted molar refractivity (Wildman–Crippen MR) is 86.4 cm³/mol. The second-order valence-electron chi connectivity index (χ2n) is 5.14. The fraction of sp³-hybridized carbons (Fsp3) is 0.235. The average molecular weight is 308 g/mol. The van der Waals surface area contributed by atoms with Crippen molar-refractivity contribution in [1.82, 2.24) is 4.98 Å². The number of nitrogens with zero attached hydrogens (tertiary/aromatic N) is 3. The molecular weight excluding hydrogens is 292 g/mol. The van der Waals surface area contributed by atoms with Crippen molar-refractivity contribution >= 4 is 17.3 Å². The highest BCUT2D eigenvalue weighted by Crippen LogP contribution is 2.17. The van der Waals surface area contributed by atoms with Crippen LogP contribution in [-0.2, 0) is 4.74 Å². The second-order valence-corrected chi connectivity index (χ2v) is 5.14. The van der Waals surface area contributed by atoms with Crippen LogP contribution in [-0.4, -0.2) is 37.2 Å². The molecule has 0 bridgehead atoms. The van der Waals surface area contributed by atoms with Gasteiger partial charge in [0.05, 0.1) is 24.8 Å². The first-order chi connectivity index (χ1) is 11.3. The second kappa shape index (κ2) is 6.90. The van der Waals surface area contributed by atoms with Crippen molar-refractivity contribution in [3.05, 3.63) is 53.9 Å². The Morgan fingerprint density at radius 1 is 1.22 bits per heavy atom. The zero-order chi connectivity index (χ0) is 16.1. The Morgan fingerprint density at radius 3 is 2.65 bits per heavy atom. The third-order valence-electron chi connectivity index (χ3n) is 3.62. The van der Waals surface area contributed by atoms with E-state index in [1.807, 2.05) is 12.1 Å². The number of aromatic nitrogens is 1. The minimum atomic E-state index is -0.273. The zero-order valence-electron chi connectivity index (χ0n) is 12.5. The lowest BCUT2D eigenvalue weighted by molar-refractivity contribution is 0.102. The summed E-state index contributed by atoms with van der Waals surface area (Å²) in [5.41, 5.74) is 2.51. The van der Waals surface area contributed by atoms with Crippen molar-refractivity contribution < 1.29 is 9.53 Å². The van der Waals surface area contributed by atoms with Crippen LogP contribution in [0.2, 0.25) is 0 Å². The quantitative estimate of drug-likeness (QED) is 0.939. The van der Waals surface area contributed by atoms with Crippen LogP contribution in [0.25, 0.3) is 0 Å². The van der Waals surface area contributed by atoms with Gasteiger partial charge in [-0.15, -0.1) is 0 Å². The number of anilines is 2. The molecule has 116 valence electrons. The number of pyridine rings is 1. The number of hydrogen-bond donors (Lipinski definition) is 1. The zero-order valence-corrected chi connectivity index (χ0v) is 12.5. The van der Waals surface area contributed by atoms with Gasteiger partial charge in [-0.2, -0.15) is 5.26 Å². The van der Waals surface area contributed by atoms with Crippen molar-refractivity contribution in [3.63, 3.8) is 0 Å². The number of carbonyl (C=O) groups excluding carboxylic acids is 1. The maximum absolute atomic E-state index is 12.3. The van der Waals surface area contributed by atoms with Crippen LogP contribution in [0.4, 0.5) is 11.4 Å². The first kappa shape index (κ1) is 15.0. The van der Waals surface area contributed by atoms with E-state index in [2.05, 4.69) is 15.2 Å². The summed E-state index contributed by atoms with van der Waals surface area (Å²) in [6.07, 6.45) is 1.64. The van der Waals surface area contributed by atoms with Gasteiger partial charge in [-0.1, -0.05) is 0 Å². The van der Waals surface area contributed by atoms with Gasteiger partial charge in [0.25, 0.3) is 5.91 Å². The van der Waals surface area contributed by atoms with Crippen LogP contribution in [0.5, 0.6) is 0 Å². The van der Waals surface area contributed by atoms with Crippen LogP contribution in [0.3, 0.4) is 0 Å². The van der Waals surface area contributed by atoms with Crippen LogP contribution in [0.15, 0.2) is 42.6 Å². The molecule has 3 rings (SSSR count). The van der Waals surface area contributed by atoms with Gasteiger partial charge in [-0.3, -0.25) is 9.78 Å². The topological polar surface area (TPSA) is 78.2 Å². The van der Waals surface area contributed by atoms with Crippen molar-refractivity contribution in [2.75, 3.05) is 36.5 Å². The number of ether oxygens (including phenoxy) is 1. The molecule has 0 aliphatic carbocycles. The fourth-order valence-corrected chi connectivity index (χ4v) is 2.39. The molecule has 1 saturated heterocycles. The highest BCUT2D eigenvalue weighted by atomic mass is 16.5. The van der Waals surface area contributed by atoms with Crippen molar-refractivity contribution in [3.8, 4) is 6.07 Å². The largest absolute Gasteiger partial charge is 0.378 e. The van der Waals surface area contributed by atoms with Crippen LogP contribution in [0, 0.1) is 11.3 Å². The maximum atomic E-state index is 12.3. The summed E-state index contributed by atoms with van der Waals surface area (Å²) in [6.45, 7) is 2.99. The summed E-state index contributed by atoms with van der Waals surface area (Å²) in [6, 6.07) is 12.4. The fourth-order valence-electron chi connectivity index (χ4n) is 2.39. The summed E-state index contributed by atoms with van der Waals surface area (Å²) >= 11 is 0. The maximum Gasteiger partial charge on any atom is 0.274 e. The third kappa shape index (κ3) is 3.65. The number of amides is 1. The summed E-state index contributed by atoms with van der Waals surface area (Å²) in [7, 11) is 0. The van der Waals surface area contributed by atoms with E-state index in [0.717, 1.165) is 18.8 Å². The van der Waals surface area contributed by atoms with Crippen LogP contribution >= 0.6 is 0 Å². The van der Waals surface area contributed by atoms with E-state index in [9.17, 15) is 4.79 Å². The van der Waals surface area contributed by atoms with Crippen molar-refractivity contribution in [2.45, 2.75) is 0 Å². The molecule has 1 aliphatic rings. The summed E-state index contributed by atoms with van der Waals surface area (Å²) in [5.74, 6) is -0.273. The van der Waals surface area contributed by atoms with Gasteiger partial charge in [0.1, 0.15) is 5.69 Å². The highest BCUT2D eigenvalue weighted by Gasteiger charge is 2.14. The highest BCUT2D eigenvalue weighted by molar-refractivity contribution is 6.03. The average Bonchev–Trinajstić information content (AvgIpc) is 2.63. The number of hydrogen-bond acceptors (Lipinski definition) is 5. The molecule has 0 saturated carbocycles. The van der Waals surface area contributed by atoms with Crippen LogP contribution < -0.4 is 10.2 Å². The molecule has 1 aromatic heterocycles. The molecule has 6 nitrogen and oxygen atoms in total. The van der Waals surface area contributed by atoms with E-state index in [1.54, 1.807) is 36.5 Å². The van der Waals surface area contributed by atoms with E-state index < -0.39 is 0 Å². The molecule has 1 amide bonds. The van der Waals surface area contributed by atoms with Gasteiger partial charge in [0.15, 0.2) is 0 Å². The molecule has 1 fully saturated rings. The van der Waals surface area contributed by atoms with Gasteiger partial charge < -0.3 is 15.0 Å². The van der Waals surface area contributed by atoms with Crippen molar-refractivity contribution in [1.29, 1.82) is 5.26 Å². The Balaban J connectivity index is 1.72. The molecule has 0 radical (unpaired) electrons. The molecule has 1 N–H and O–H groups in total. The van der Waals surface area contributed by atoms with Gasteiger partial charge in [-0.05, 0) is 36.4 Å². The van der Waals surface area contributed by atoms with E-state index >= 15 is 0 Å². The number of morpholine rings is 1. The molecule has 23 heavy (non-hydrogen) atoms. The van der Waals surface area contributed by atoms with E-state index in [1.165, 1.54) is 0 Å². The smallest absolute Gasteiger partial charge is 0.274 e. The molecule has 2 aromatic rings. The predicted octanol–water partition coefficient (Wildman–Crippen LogP) is 2.04. The van der Waals surface area contributed by atoms with Gasteiger partial charge in [0, 0.05) is 30.7 Å². The normalized spacial score (nSPS) is 14.1. The Morgan fingerprint density at radius 2 is 1.96 bits per heavy atom. The number of nitriles is 1. The molecule has 1 aliphatic heterocycles. The standard InChI is InChI=1S/C17H16N4O2/c18-12-13-1-3-14(4-2-13)20-17(22)16-11-15(5-6-19-16)21-7-9-23-10-8-21/h1-6,11H,7-10H2,(H,20,22). The Bertz CT molecular complexity index is 731. The molecule has 2 heterocycles. The molecular formula is C17H16N4O2. The van der Waals surface area contributed by atoms with Gasteiger partial charge in [-0.25, -0.2) is 0 Å². The number of nitrogens with one attached hydrogen (secondary N) is 1. The Kier molecular flexibility index (Phi) is 4.50. The third-order valence-corrected chi connectivity index (χ3v) is 3.62. The number of carbonyl (C=O) groups is 1. The minimum absolute atomic E-state index is 0.273. The molecule has 1 aromatic carbocycles. The van der Waals surface area contributed by atoms with E-state index in [4.69, 9.17) is 10.00 Å². The number of rotatable bonds is 3. The van der Waals surface area contributed by atoms with Gasteiger partial charge in [0.2, 0.25) is 0 Å². The molecule has 0 spiro atoms. The molecule has 0 atom stereocenters. The lowest BCUT2D eigenvalue weighted by Gasteiger charge is -2.28. The first-order valence-electron chi connectivity index (χ1n) is 7.36. The summed E-state index contributed by atoms with van der Waals surface area (Å²) < 4.78 is 5.34. The summed E-state index contributed by atoms with van der Waals surface area (Å²) in [4.78, 5) is 18.6. The molecule has 0 unspecified atom stereocenters. The van der Waals surface area contributed by atoms with Gasteiger partial charge >= 0.3 is 0 Å². The summed E-state index contributed by atoms with van der Waals surface area (Å²) in [5, 5.41) is 11.6. The van der Waals surface area contributed by atoms with E-state index in [0.29, 0.717) is 30.2 Å². The SMILES string of the molecule is N#Cc1ccc(NC(=O)c2cc(N3CCOCC3)ccn2)cc1. The Hall–Kier alpha value is -2.91. The molecule has 6 heteroatoms. The minimum Gasteiger partial charge on any atom is -0.378 e. The van der Waals surface area contributed by atoms with Crippen molar-refractivity contribution in [2.24, 2.45) is 0 Å². The lowest BCUT2D eigenvalue weighted by atomic mass is 10.2. The monoisotopic (exact) mass is 308 g/mol.